The highest BCUT2D eigenvalue weighted by molar-refractivity contribution is 5.79. The smallest absolute Gasteiger partial charge is 0.315 e. The number of nitriles is 1. The van der Waals surface area contributed by atoms with Crippen LogP contribution in [0.4, 0.5) is 13.2 Å². The van der Waals surface area contributed by atoms with Crippen LogP contribution in [0.25, 0.3) is 11.1 Å². The van der Waals surface area contributed by atoms with E-state index in [1.807, 2.05) is 6.07 Å². The average molecular weight is 392 g/mol. The second-order valence-electron chi connectivity index (χ2n) is 6.08. The Morgan fingerprint density at radius 3 is 2.36 bits per heavy atom. The van der Waals surface area contributed by atoms with E-state index < -0.39 is 37.2 Å². The van der Waals surface area contributed by atoms with E-state index in [0.29, 0.717) is 5.69 Å². The van der Waals surface area contributed by atoms with Crippen molar-refractivity contribution in [1.82, 2.24) is 10.3 Å². The van der Waals surface area contributed by atoms with Gasteiger partial charge in [0.25, 0.3) is 5.91 Å². The van der Waals surface area contributed by atoms with Crippen molar-refractivity contribution >= 4 is 5.91 Å². The molecular formula is C19H19F3N4O2. The molecule has 1 aromatic carbocycles. The van der Waals surface area contributed by atoms with Gasteiger partial charge in [-0.1, -0.05) is 30.3 Å². The predicted molar refractivity (Wildman–Crippen MR) is 95.7 cm³/mol. The van der Waals surface area contributed by atoms with Crippen LogP contribution in [0.3, 0.4) is 0 Å². The molecule has 0 aliphatic heterocycles. The Kier molecular flexibility index (Phi) is 7.49. The topological polar surface area (TPSA) is 112 Å². The van der Waals surface area contributed by atoms with Crippen molar-refractivity contribution in [2.45, 2.75) is 31.0 Å². The molecular weight excluding hydrogens is 373 g/mol. The van der Waals surface area contributed by atoms with Crippen molar-refractivity contribution in [3.63, 3.8) is 0 Å². The lowest BCUT2D eigenvalue weighted by Gasteiger charge is -2.22. The molecule has 28 heavy (non-hydrogen) atoms. The summed E-state index contributed by atoms with van der Waals surface area (Å²) in [6.07, 6.45) is -3.03. The second kappa shape index (κ2) is 9.82. The Bertz CT molecular complexity index is 823. The van der Waals surface area contributed by atoms with Crippen LogP contribution < -0.4 is 11.1 Å². The summed E-state index contributed by atoms with van der Waals surface area (Å²) in [5.41, 5.74) is 8.17. The van der Waals surface area contributed by atoms with Crippen molar-refractivity contribution in [3.8, 4) is 17.2 Å². The molecule has 3 atom stereocenters. The number of amides is 1. The summed E-state index contributed by atoms with van der Waals surface area (Å²) in [6.45, 7) is -1.20. The van der Waals surface area contributed by atoms with E-state index >= 15 is 0 Å². The van der Waals surface area contributed by atoms with Gasteiger partial charge in [-0.15, -0.1) is 0 Å². The van der Waals surface area contributed by atoms with Crippen LogP contribution in [0.15, 0.2) is 42.6 Å². The quantitative estimate of drug-likeness (QED) is 0.639. The fourth-order valence-corrected chi connectivity index (χ4v) is 2.55. The fourth-order valence-electron chi connectivity index (χ4n) is 2.55. The van der Waals surface area contributed by atoms with Crippen LogP contribution >= 0.6 is 0 Å². The van der Waals surface area contributed by atoms with Crippen molar-refractivity contribution in [2.24, 2.45) is 5.73 Å². The van der Waals surface area contributed by atoms with Crippen LogP contribution in [0, 0.1) is 11.3 Å². The maximum atomic E-state index is 13.1. The zero-order valence-electron chi connectivity index (χ0n) is 14.7. The molecule has 4 N–H and O–H groups in total. The zero-order valence-corrected chi connectivity index (χ0v) is 14.7. The van der Waals surface area contributed by atoms with Gasteiger partial charge in [0, 0.05) is 11.8 Å². The molecule has 0 aliphatic rings. The second-order valence-corrected chi connectivity index (χ2v) is 6.08. The molecule has 0 radical (unpaired) electrons. The Morgan fingerprint density at radius 1 is 1.21 bits per heavy atom. The first-order valence-electron chi connectivity index (χ1n) is 8.38. The van der Waals surface area contributed by atoms with Crippen molar-refractivity contribution in [3.05, 3.63) is 53.9 Å². The lowest BCUT2D eigenvalue weighted by Crippen LogP contribution is -2.43. The number of nitrogens with two attached hydrogens (primary N) is 1. The fraction of sp³-hybridized carbons (Fsp3) is 0.316. The number of alkyl halides is 3. The predicted octanol–water partition coefficient (Wildman–Crippen LogP) is 2.41. The molecule has 9 heteroatoms. The molecule has 6 nitrogen and oxygen atoms in total. The number of nitrogens with one attached hydrogen (secondary N) is 1. The highest BCUT2D eigenvalue weighted by atomic mass is 19.3. The minimum Gasteiger partial charge on any atom is -0.386 e. The molecule has 2 rings (SSSR count). The van der Waals surface area contributed by atoms with E-state index in [0.717, 1.165) is 11.1 Å². The van der Waals surface area contributed by atoms with Gasteiger partial charge in [-0.2, -0.15) is 14.0 Å². The number of hydrogen-bond donors (Lipinski definition) is 3. The van der Waals surface area contributed by atoms with Gasteiger partial charge in [0.15, 0.2) is 0 Å². The maximum absolute atomic E-state index is 13.1. The third-order valence-electron chi connectivity index (χ3n) is 4.14. The summed E-state index contributed by atoms with van der Waals surface area (Å²) in [4.78, 5) is 15.3. The number of carbonyl (C=O) groups excluding carboxylic acids is 1. The van der Waals surface area contributed by atoms with Gasteiger partial charge < -0.3 is 16.2 Å². The molecule has 1 amide bonds. The van der Waals surface area contributed by atoms with Gasteiger partial charge in [0.2, 0.25) is 0 Å². The van der Waals surface area contributed by atoms with Crippen LogP contribution in [-0.2, 0) is 4.79 Å². The monoisotopic (exact) mass is 392 g/mol. The molecule has 0 saturated heterocycles. The van der Waals surface area contributed by atoms with Gasteiger partial charge in [-0.3, -0.25) is 9.78 Å². The average Bonchev–Trinajstić information content (AvgIpc) is 2.71. The Hall–Kier alpha value is -2.96. The van der Waals surface area contributed by atoms with Crippen molar-refractivity contribution < 1.29 is 23.1 Å². The number of benzene rings is 1. The zero-order chi connectivity index (χ0) is 20.7. The highest BCUT2D eigenvalue weighted by Crippen LogP contribution is 2.24. The number of nitrogens with zero attached hydrogens (tertiary/aromatic N) is 2. The van der Waals surface area contributed by atoms with Gasteiger partial charge in [0.1, 0.15) is 12.8 Å². The summed E-state index contributed by atoms with van der Waals surface area (Å²) in [6, 6.07) is 9.82. The first-order chi connectivity index (χ1) is 13.4. The number of carbonyl (C=O) groups is 1. The molecule has 0 spiro atoms. The van der Waals surface area contributed by atoms with Crippen molar-refractivity contribution in [1.29, 1.82) is 5.26 Å². The van der Waals surface area contributed by atoms with E-state index in [-0.39, 0.29) is 12.0 Å². The van der Waals surface area contributed by atoms with Crippen LogP contribution in [-0.4, -0.2) is 35.1 Å². The Balaban J connectivity index is 2.12. The van der Waals surface area contributed by atoms with E-state index in [2.05, 4.69) is 4.98 Å². The number of aliphatic hydroxyl groups excluding tert-OH is 1. The van der Waals surface area contributed by atoms with Gasteiger partial charge in [-0.25, -0.2) is 4.39 Å². The number of rotatable bonds is 8. The lowest BCUT2D eigenvalue weighted by molar-refractivity contribution is -0.133. The number of halogens is 3. The summed E-state index contributed by atoms with van der Waals surface area (Å²) in [5, 5.41) is 20.6. The van der Waals surface area contributed by atoms with Gasteiger partial charge in [0.05, 0.1) is 30.3 Å². The molecule has 2 aromatic rings. The molecule has 0 saturated carbocycles. The summed E-state index contributed by atoms with van der Waals surface area (Å²) < 4.78 is 37.7. The van der Waals surface area contributed by atoms with Crippen LogP contribution in [0.1, 0.15) is 29.8 Å². The number of pyridine rings is 1. The van der Waals surface area contributed by atoms with Crippen LogP contribution in [0.5, 0.6) is 0 Å². The van der Waals surface area contributed by atoms with E-state index in [9.17, 15) is 23.1 Å². The number of aromatic nitrogens is 1. The Labute approximate surface area is 159 Å². The summed E-state index contributed by atoms with van der Waals surface area (Å²) in [5.74, 6) is -1.64. The Morgan fingerprint density at radius 2 is 1.86 bits per heavy atom. The first kappa shape index (κ1) is 21.3. The molecule has 0 bridgehead atoms. The third-order valence-corrected chi connectivity index (χ3v) is 4.14. The molecule has 0 fully saturated rings. The standard InChI is InChI=1S/C19H19F3N4O2/c20-9-16(26-19(28)18(21)22)17(27)12-3-1-11(2-4-12)13-5-6-15(25-10-13)14(24)7-8-23/h1-6,10,14,16-18,27H,7,9,24H2,(H,26,28)/t14?,16-,17-/m1/s1. The molecule has 148 valence electrons. The molecule has 1 aromatic heterocycles. The van der Waals surface area contributed by atoms with E-state index in [1.54, 1.807) is 35.8 Å². The molecule has 0 aliphatic carbocycles. The molecule has 1 unspecified atom stereocenters. The van der Waals surface area contributed by atoms with Gasteiger partial charge in [-0.05, 0) is 17.2 Å². The largest absolute Gasteiger partial charge is 0.386 e. The normalized spacial score (nSPS) is 14.2. The maximum Gasteiger partial charge on any atom is 0.315 e. The summed E-state index contributed by atoms with van der Waals surface area (Å²) in [7, 11) is 0. The number of hydrogen-bond acceptors (Lipinski definition) is 5. The van der Waals surface area contributed by atoms with Crippen molar-refractivity contribution in [2.75, 3.05) is 6.67 Å². The van der Waals surface area contributed by atoms with E-state index in [1.165, 1.54) is 12.1 Å². The third kappa shape index (κ3) is 5.28. The highest BCUT2D eigenvalue weighted by Gasteiger charge is 2.26. The SMILES string of the molecule is N#CCC(N)c1ccc(-c2ccc([C@@H](O)[C@@H](CF)NC(=O)C(F)F)cc2)cn1. The minimum atomic E-state index is -3.29. The first-order valence-corrected chi connectivity index (χ1v) is 8.38. The molecule has 1 heterocycles. The minimum absolute atomic E-state index is 0.150. The lowest BCUT2D eigenvalue weighted by atomic mass is 9.99. The number of aliphatic hydroxyl groups is 1. The van der Waals surface area contributed by atoms with E-state index in [4.69, 9.17) is 11.0 Å². The summed E-state index contributed by atoms with van der Waals surface area (Å²) >= 11 is 0. The van der Waals surface area contributed by atoms with Gasteiger partial charge >= 0.3 is 6.43 Å². The van der Waals surface area contributed by atoms with Crippen LogP contribution in [0.2, 0.25) is 0 Å².